The first-order valence-corrected chi connectivity index (χ1v) is 7.86. The number of pyridine rings is 1. The molecule has 136 valence electrons. The number of rotatable bonds is 5. The van der Waals surface area contributed by atoms with Gasteiger partial charge in [0.2, 0.25) is 5.95 Å². The summed E-state index contributed by atoms with van der Waals surface area (Å²) in [5, 5.41) is 16.4. The van der Waals surface area contributed by atoms with E-state index in [-0.39, 0.29) is 29.9 Å². The van der Waals surface area contributed by atoms with Gasteiger partial charge in [-0.3, -0.25) is 0 Å². The number of nitrogens with zero attached hydrogens (tertiary/aromatic N) is 4. The molecule has 0 spiro atoms. The molecule has 0 fully saturated rings. The van der Waals surface area contributed by atoms with Crippen LogP contribution >= 0.6 is 11.6 Å². The van der Waals surface area contributed by atoms with E-state index in [2.05, 4.69) is 20.4 Å². The van der Waals surface area contributed by atoms with Gasteiger partial charge in [-0.15, -0.1) is 5.10 Å². The van der Waals surface area contributed by atoms with E-state index < -0.39 is 11.7 Å². The number of halogens is 4. The third kappa shape index (κ3) is 4.12. The van der Waals surface area contributed by atoms with E-state index in [9.17, 15) is 18.3 Å². The summed E-state index contributed by atoms with van der Waals surface area (Å²) in [5.74, 6) is 0.499. The summed E-state index contributed by atoms with van der Waals surface area (Å²) in [6.07, 6.45) is -2.95. The molecule has 0 bridgehead atoms. The van der Waals surface area contributed by atoms with Gasteiger partial charge in [0.15, 0.2) is 5.82 Å². The van der Waals surface area contributed by atoms with Crippen LogP contribution in [0.3, 0.4) is 0 Å². The zero-order valence-corrected chi connectivity index (χ0v) is 14.0. The first-order valence-electron chi connectivity index (χ1n) is 7.49. The van der Waals surface area contributed by atoms with Gasteiger partial charge < -0.3 is 10.4 Å². The molecule has 0 unspecified atom stereocenters. The number of nitrogens with one attached hydrogen (secondary N) is 1. The van der Waals surface area contributed by atoms with Crippen LogP contribution in [0.1, 0.15) is 5.56 Å². The zero-order valence-electron chi connectivity index (χ0n) is 13.2. The summed E-state index contributed by atoms with van der Waals surface area (Å²) in [4.78, 5) is 8.17. The highest BCUT2D eigenvalue weighted by molar-refractivity contribution is 6.29. The van der Waals surface area contributed by atoms with Crippen molar-refractivity contribution in [1.29, 1.82) is 0 Å². The highest BCUT2D eigenvalue weighted by Crippen LogP contribution is 2.31. The molecule has 3 aromatic rings. The molecule has 2 heterocycles. The molecule has 0 aliphatic carbocycles. The highest BCUT2D eigenvalue weighted by Gasteiger charge is 2.30. The van der Waals surface area contributed by atoms with Gasteiger partial charge in [0.05, 0.1) is 18.7 Å². The molecule has 6 nitrogen and oxygen atoms in total. The Hall–Kier alpha value is -2.65. The Morgan fingerprint density at radius 1 is 1.19 bits per heavy atom. The third-order valence-corrected chi connectivity index (χ3v) is 3.62. The minimum Gasteiger partial charge on any atom is -0.394 e. The predicted octanol–water partition coefficient (Wildman–Crippen LogP) is 3.75. The van der Waals surface area contributed by atoms with Crippen LogP contribution in [0.5, 0.6) is 0 Å². The molecular formula is C16H13ClF3N5O. The second kappa shape index (κ2) is 7.30. The van der Waals surface area contributed by atoms with Gasteiger partial charge in [-0.25, -0.2) is 9.67 Å². The minimum absolute atomic E-state index is 0.0979. The van der Waals surface area contributed by atoms with E-state index in [1.165, 1.54) is 23.0 Å². The van der Waals surface area contributed by atoms with Crippen LogP contribution in [-0.4, -0.2) is 31.5 Å². The second-order valence-corrected chi connectivity index (χ2v) is 5.66. The summed E-state index contributed by atoms with van der Waals surface area (Å²) in [6.45, 7) is -0.0231. The number of alkyl halides is 3. The Labute approximate surface area is 151 Å². The quantitative estimate of drug-likeness (QED) is 0.656. The first kappa shape index (κ1) is 18.2. The number of hydrogen-bond acceptors (Lipinski definition) is 5. The normalized spacial score (nSPS) is 11.6. The van der Waals surface area contributed by atoms with E-state index in [1.807, 2.05) is 0 Å². The van der Waals surface area contributed by atoms with E-state index in [0.29, 0.717) is 11.4 Å². The van der Waals surface area contributed by atoms with Crippen molar-refractivity contribution in [3.05, 3.63) is 53.3 Å². The molecule has 0 amide bonds. The lowest BCUT2D eigenvalue weighted by Gasteiger charge is -2.08. The number of benzene rings is 1. The van der Waals surface area contributed by atoms with E-state index >= 15 is 0 Å². The Kier molecular flexibility index (Phi) is 5.10. The topological polar surface area (TPSA) is 75.9 Å². The van der Waals surface area contributed by atoms with Crippen molar-refractivity contribution in [2.24, 2.45) is 0 Å². The molecular weight excluding hydrogens is 371 g/mol. The smallest absolute Gasteiger partial charge is 0.394 e. The van der Waals surface area contributed by atoms with Crippen LogP contribution in [0.25, 0.3) is 11.4 Å². The maximum absolute atomic E-state index is 12.8. The maximum Gasteiger partial charge on any atom is 0.416 e. The molecule has 0 saturated heterocycles. The lowest BCUT2D eigenvalue weighted by Crippen LogP contribution is -2.07. The zero-order chi connectivity index (χ0) is 18.7. The Morgan fingerprint density at radius 3 is 2.69 bits per heavy atom. The number of anilines is 2. The fraction of sp³-hybridized carbons (Fsp3) is 0.188. The van der Waals surface area contributed by atoms with Crippen molar-refractivity contribution in [2.45, 2.75) is 12.7 Å². The Bertz CT molecular complexity index is 913. The van der Waals surface area contributed by atoms with E-state index in [1.54, 1.807) is 12.1 Å². The average Bonchev–Trinajstić information content (AvgIpc) is 2.97. The van der Waals surface area contributed by atoms with Gasteiger partial charge in [-0.1, -0.05) is 17.7 Å². The standard InChI is InChI=1S/C16H13ClF3N5O/c17-13-8-10(4-5-21-13)14-23-15(24-25(14)6-7-26)22-12-3-1-2-11(9-12)16(18,19)20/h1-5,8-9,26H,6-7H2,(H,22,24). The molecule has 0 atom stereocenters. The number of aliphatic hydroxyl groups is 1. The molecule has 0 saturated carbocycles. The third-order valence-electron chi connectivity index (χ3n) is 3.41. The highest BCUT2D eigenvalue weighted by atomic mass is 35.5. The first-order chi connectivity index (χ1) is 12.4. The van der Waals surface area contributed by atoms with Gasteiger partial charge in [0, 0.05) is 17.4 Å². The average molecular weight is 384 g/mol. The fourth-order valence-corrected chi connectivity index (χ4v) is 2.48. The lowest BCUT2D eigenvalue weighted by atomic mass is 10.2. The largest absolute Gasteiger partial charge is 0.416 e. The van der Waals surface area contributed by atoms with E-state index in [4.69, 9.17) is 11.6 Å². The molecule has 0 aliphatic heterocycles. The fourth-order valence-electron chi connectivity index (χ4n) is 2.30. The summed E-state index contributed by atoms with van der Waals surface area (Å²) < 4.78 is 39.9. The maximum atomic E-state index is 12.8. The van der Waals surface area contributed by atoms with Gasteiger partial charge in [-0.2, -0.15) is 18.2 Å². The van der Waals surface area contributed by atoms with Gasteiger partial charge in [0.1, 0.15) is 5.15 Å². The van der Waals surface area contributed by atoms with Crippen LogP contribution in [0, 0.1) is 0 Å². The van der Waals surface area contributed by atoms with Crippen LogP contribution in [0.15, 0.2) is 42.6 Å². The van der Waals surface area contributed by atoms with Gasteiger partial charge in [-0.05, 0) is 30.3 Å². The number of aliphatic hydroxyl groups excluding tert-OH is 1. The summed E-state index contributed by atoms with van der Waals surface area (Å²) >= 11 is 5.88. The lowest BCUT2D eigenvalue weighted by molar-refractivity contribution is -0.137. The Balaban J connectivity index is 1.93. The monoisotopic (exact) mass is 383 g/mol. The molecule has 10 heteroatoms. The van der Waals surface area contributed by atoms with Crippen molar-refractivity contribution in [2.75, 3.05) is 11.9 Å². The predicted molar refractivity (Wildman–Crippen MR) is 90.1 cm³/mol. The summed E-state index contributed by atoms with van der Waals surface area (Å²) in [6, 6.07) is 7.96. The minimum atomic E-state index is -4.44. The SMILES string of the molecule is OCCn1nc(Nc2cccc(C(F)(F)F)c2)nc1-c1ccnc(Cl)c1. The molecule has 2 N–H and O–H groups in total. The van der Waals surface area contributed by atoms with Crippen LogP contribution in [0.4, 0.5) is 24.8 Å². The van der Waals surface area contributed by atoms with Crippen molar-refractivity contribution in [3.63, 3.8) is 0 Å². The number of aromatic nitrogens is 4. The molecule has 1 aromatic carbocycles. The number of hydrogen-bond donors (Lipinski definition) is 2. The van der Waals surface area contributed by atoms with Crippen molar-refractivity contribution in [3.8, 4) is 11.4 Å². The summed E-state index contributed by atoms with van der Waals surface area (Å²) in [5.41, 5.74) is 0.0294. The molecule has 26 heavy (non-hydrogen) atoms. The van der Waals surface area contributed by atoms with Gasteiger partial charge >= 0.3 is 6.18 Å². The molecule has 2 aromatic heterocycles. The van der Waals surface area contributed by atoms with Crippen LogP contribution < -0.4 is 5.32 Å². The Morgan fingerprint density at radius 2 is 2.00 bits per heavy atom. The van der Waals surface area contributed by atoms with Crippen molar-refractivity contribution < 1.29 is 18.3 Å². The van der Waals surface area contributed by atoms with E-state index in [0.717, 1.165) is 12.1 Å². The van der Waals surface area contributed by atoms with Crippen LogP contribution in [-0.2, 0) is 12.7 Å². The van der Waals surface area contributed by atoms with Gasteiger partial charge in [0.25, 0.3) is 0 Å². The van der Waals surface area contributed by atoms with Crippen molar-refractivity contribution in [1.82, 2.24) is 19.7 Å². The molecule has 0 radical (unpaired) electrons. The van der Waals surface area contributed by atoms with Crippen molar-refractivity contribution >= 4 is 23.2 Å². The molecule has 0 aliphatic rings. The van der Waals surface area contributed by atoms with Crippen LogP contribution in [0.2, 0.25) is 5.15 Å². The molecule has 3 rings (SSSR count). The summed E-state index contributed by atoms with van der Waals surface area (Å²) in [7, 11) is 0. The second-order valence-electron chi connectivity index (χ2n) is 5.28.